The Morgan fingerprint density at radius 2 is 1.90 bits per heavy atom. The molecule has 1 N–H and O–H groups in total. The topological polar surface area (TPSA) is 78.3 Å². The second-order valence-electron chi connectivity index (χ2n) is 7.07. The van der Waals surface area contributed by atoms with E-state index < -0.39 is 6.04 Å². The van der Waals surface area contributed by atoms with Crippen molar-refractivity contribution in [3.63, 3.8) is 0 Å². The molecule has 30 heavy (non-hydrogen) atoms. The van der Waals surface area contributed by atoms with E-state index in [1.807, 2.05) is 68.4 Å². The van der Waals surface area contributed by atoms with Gasteiger partial charge < -0.3 is 14.8 Å². The Hall–Kier alpha value is -3.61. The number of fused-ring (bicyclic) bond motifs is 1. The van der Waals surface area contributed by atoms with Crippen LogP contribution in [0.15, 0.2) is 72.2 Å². The van der Waals surface area contributed by atoms with Gasteiger partial charge in [0.1, 0.15) is 24.7 Å². The first-order chi connectivity index (χ1) is 14.7. The summed E-state index contributed by atoms with van der Waals surface area (Å²) in [6.07, 6.45) is 2.23. The molecule has 0 aliphatic carbocycles. The number of carbonyl (C=O) groups is 1. The van der Waals surface area contributed by atoms with Crippen LogP contribution >= 0.6 is 0 Å². The molecule has 1 unspecified atom stereocenters. The number of aromatic nitrogens is 3. The zero-order chi connectivity index (χ0) is 20.9. The minimum Gasteiger partial charge on any atom is -0.489 e. The average Bonchev–Trinajstić information content (AvgIpc) is 3.24. The lowest BCUT2D eigenvalue weighted by molar-refractivity contribution is -0.139. The first-order valence-corrected chi connectivity index (χ1v) is 9.98. The summed E-state index contributed by atoms with van der Waals surface area (Å²) in [5.41, 5.74) is 3.25. The number of rotatable bonds is 7. The van der Waals surface area contributed by atoms with E-state index in [1.165, 1.54) is 6.33 Å². The van der Waals surface area contributed by atoms with E-state index in [2.05, 4.69) is 15.4 Å². The van der Waals surface area contributed by atoms with Gasteiger partial charge in [0, 0.05) is 5.70 Å². The molecule has 2 heterocycles. The van der Waals surface area contributed by atoms with Crippen LogP contribution in [0.1, 0.15) is 37.4 Å². The fourth-order valence-corrected chi connectivity index (χ4v) is 3.42. The molecule has 0 radical (unpaired) electrons. The third-order valence-corrected chi connectivity index (χ3v) is 4.90. The van der Waals surface area contributed by atoms with Crippen molar-refractivity contribution >= 4 is 11.9 Å². The molecule has 1 aromatic heterocycles. The molecule has 4 rings (SSSR count). The van der Waals surface area contributed by atoms with Crippen LogP contribution in [0.25, 0.3) is 0 Å². The number of ether oxygens (including phenoxy) is 2. The normalized spacial score (nSPS) is 15.3. The van der Waals surface area contributed by atoms with Crippen LogP contribution in [0.4, 0.5) is 5.95 Å². The van der Waals surface area contributed by atoms with Crippen molar-refractivity contribution in [1.82, 2.24) is 14.8 Å². The van der Waals surface area contributed by atoms with E-state index in [0.29, 0.717) is 30.4 Å². The number of nitrogens with zero attached hydrogens (tertiary/aromatic N) is 3. The highest BCUT2D eigenvalue weighted by atomic mass is 16.5. The zero-order valence-corrected chi connectivity index (χ0v) is 17.0. The molecular formula is C23H24N4O3. The van der Waals surface area contributed by atoms with Gasteiger partial charge in [-0.1, -0.05) is 49.4 Å². The number of allylic oxidation sites excluding steroid dienone is 1. The largest absolute Gasteiger partial charge is 0.489 e. The Labute approximate surface area is 175 Å². The molecule has 0 amide bonds. The number of esters is 1. The van der Waals surface area contributed by atoms with E-state index in [-0.39, 0.29) is 5.97 Å². The van der Waals surface area contributed by atoms with Crippen LogP contribution in [-0.4, -0.2) is 27.3 Å². The van der Waals surface area contributed by atoms with Gasteiger partial charge in [0.15, 0.2) is 0 Å². The Morgan fingerprint density at radius 3 is 2.63 bits per heavy atom. The molecule has 0 saturated heterocycles. The van der Waals surface area contributed by atoms with Crippen LogP contribution in [0, 0.1) is 0 Å². The summed E-state index contributed by atoms with van der Waals surface area (Å²) < 4.78 is 13.0. The Balaban J connectivity index is 1.59. The highest BCUT2D eigenvalue weighted by Gasteiger charge is 2.34. The molecule has 0 spiro atoms. The highest BCUT2D eigenvalue weighted by molar-refractivity contribution is 5.92. The molecule has 154 valence electrons. The number of hydrogen-bond donors (Lipinski definition) is 1. The minimum absolute atomic E-state index is 0.350. The third kappa shape index (κ3) is 4.05. The van der Waals surface area contributed by atoms with Crippen molar-refractivity contribution in [3.8, 4) is 5.75 Å². The van der Waals surface area contributed by atoms with Gasteiger partial charge in [-0.15, -0.1) is 0 Å². The molecule has 1 atom stereocenters. The number of nitrogens with one attached hydrogen (secondary N) is 1. The van der Waals surface area contributed by atoms with E-state index >= 15 is 0 Å². The molecule has 3 aromatic rings. The summed E-state index contributed by atoms with van der Waals surface area (Å²) in [5, 5.41) is 7.47. The van der Waals surface area contributed by atoms with Gasteiger partial charge in [-0.25, -0.2) is 9.48 Å². The molecule has 1 aliphatic rings. The summed E-state index contributed by atoms with van der Waals surface area (Å²) in [7, 11) is 0. The van der Waals surface area contributed by atoms with Gasteiger partial charge in [0.25, 0.3) is 0 Å². The van der Waals surface area contributed by atoms with Gasteiger partial charge in [-0.3, -0.25) is 0 Å². The van der Waals surface area contributed by atoms with Gasteiger partial charge >= 0.3 is 5.97 Å². The summed E-state index contributed by atoms with van der Waals surface area (Å²) in [6, 6.07) is 17.3. The molecule has 0 saturated carbocycles. The molecule has 7 nitrogen and oxygen atoms in total. The van der Waals surface area contributed by atoms with E-state index in [1.54, 1.807) is 4.68 Å². The smallest absolute Gasteiger partial charge is 0.338 e. The fourth-order valence-electron chi connectivity index (χ4n) is 3.42. The van der Waals surface area contributed by atoms with E-state index in [0.717, 1.165) is 23.3 Å². The maximum absolute atomic E-state index is 12.8. The van der Waals surface area contributed by atoms with E-state index in [4.69, 9.17) is 9.47 Å². The lowest BCUT2D eigenvalue weighted by atomic mass is 9.96. The van der Waals surface area contributed by atoms with Crippen molar-refractivity contribution in [2.24, 2.45) is 0 Å². The van der Waals surface area contributed by atoms with Gasteiger partial charge in [0.2, 0.25) is 5.95 Å². The second-order valence-corrected chi connectivity index (χ2v) is 7.07. The molecule has 1 aliphatic heterocycles. The van der Waals surface area contributed by atoms with Gasteiger partial charge in [0.05, 0.1) is 12.2 Å². The molecule has 7 heteroatoms. The van der Waals surface area contributed by atoms with Crippen molar-refractivity contribution in [2.75, 3.05) is 11.9 Å². The SMILES string of the molecule is CCCOC(=O)C1=C(C)Nc2ncnn2C1c1ccc(OCc2ccccc2)cc1. The predicted octanol–water partition coefficient (Wildman–Crippen LogP) is 4.10. The lowest BCUT2D eigenvalue weighted by Crippen LogP contribution is -2.29. The zero-order valence-electron chi connectivity index (χ0n) is 17.0. The monoisotopic (exact) mass is 404 g/mol. The first-order valence-electron chi connectivity index (χ1n) is 9.98. The summed E-state index contributed by atoms with van der Waals surface area (Å²) in [4.78, 5) is 17.1. The maximum atomic E-state index is 12.8. The maximum Gasteiger partial charge on any atom is 0.338 e. The van der Waals surface area contributed by atoms with Gasteiger partial charge in [-0.2, -0.15) is 10.1 Å². The number of anilines is 1. The number of hydrogen-bond acceptors (Lipinski definition) is 6. The summed E-state index contributed by atoms with van der Waals surface area (Å²) in [6.45, 7) is 4.69. The number of benzene rings is 2. The van der Waals surface area contributed by atoms with E-state index in [9.17, 15) is 4.79 Å². The predicted molar refractivity (Wildman–Crippen MR) is 113 cm³/mol. The van der Waals surface area contributed by atoms with Crippen LogP contribution in [0.2, 0.25) is 0 Å². The molecule has 0 fully saturated rings. The summed E-state index contributed by atoms with van der Waals surface area (Å²) in [5.74, 6) is 0.998. The van der Waals surface area contributed by atoms with Crippen LogP contribution in [0.5, 0.6) is 5.75 Å². The Bertz CT molecular complexity index is 1040. The quantitative estimate of drug-likeness (QED) is 0.598. The molecular weight excluding hydrogens is 380 g/mol. The highest BCUT2D eigenvalue weighted by Crippen LogP contribution is 2.35. The molecule has 0 bridgehead atoms. The standard InChI is InChI=1S/C23H24N4O3/c1-3-13-29-22(28)20-16(2)26-23-24-15-25-27(23)21(20)18-9-11-19(12-10-18)30-14-17-7-5-4-6-8-17/h4-12,15,21H,3,13-14H2,1-2H3,(H,24,25,26). The third-order valence-electron chi connectivity index (χ3n) is 4.90. The van der Waals surface area contributed by atoms with Crippen LogP contribution in [0.3, 0.4) is 0 Å². The van der Waals surface area contributed by atoms with Crippen molar-refractivity contribution < 1.29 is 14.3 Å². The lowest BCUT2D eigenvalue weighted by Gasteiger charge is -2.28. The molecule has 2 aromatic carbocycles. The minimum atomic E-state index is -0.420. The number of carbonyl (C=O) groups excluding carboxylic acids is 1. The van der Waals surface area contributed by atoms with Crippen molar-refractivity contribution in [3.05, 3.63) is 83.3 Å². The fraction of sp³-hybridized carbons (Fsp3) is 0.261. The Kier molecular flexibility index (Phi) is 5.79. The Morgan fingerprint density at radius 1 is 1.13 bits per heavy atom. The van der Waals surface area contributed by atoms with Gasteiger partial charge in [-0.05, 0) is 36.6 Å². The first kappa shape index (κ1) is 19.7. The summed E-state index contributed by atoms with van der Waals surface area (Å²) >= 11 is 0. The van der Waals surface area contributed by atoms with Crippen LogP contribution < -0.4 is 10.1 Å². The average molecular weight is 404 g/mol. The van der Waals surface area contributed by atoms with Crippen LogP contribution in [-0.2, 0) is 16.1 Å². The van der Waals surface area contributed by atoms with Crippen molar-refractivity contribution in [2.45, 2.75) is 32.9 Å². The van der Waals surface area contributed by atoms with Crippen molar-refractivity contribution in [1.29, 1.82) is 0 Å². The second kappa shape index (κ2) is 8.82.